The topological polar surface area (TPSA) is 42.2 Å². The fourth-order valence-electron chi connectivity index (χ4n) is 2.13. The SMILES string of the molecule is CC(C(=O)c1ccco1)C1CCCCN1. The molecule has 0 amide bonds. The monoisotopic (exact) mass is 207 g/mol. The second-order valence-electron chi connectivity index (χ2n) is 4.19. The van der Waals surface area contributed by atoms with Crippen LogP contribution in [0.5, 0.6) is 0 Å². The van der Waals surface area contributed by atoms with E-state index in [1.807, 2.05) is 6.92 Å². The molecule has 1 aliphatic rings. The first kappa shape index (κ1) is 10.4. The Morgan fingerprint density at radius 1 is 1.60 bits per heavy atom. The van der Waals surface area contributed by atoms with Crippen LogP contribution >= 0.6 is 0 Å². The van der Waals surface area contributed by atoms with Gasteiger partial charge < -0.3 is 9.73 Å². The molecule has 1 N–H and O–H groups in total. The maximum Gasteiger partial charge on any atom is 0.202 e. The second-order valence-corrected chi connectivity index (χ2v) is 4.19. The van der Waals surface area contributed by atoms with Crippen molar-refractivity contribution in [3.8, 4) is 0 Å². The number of rotatable bonds is 3. The maximum absolute atomic E-state index is 12.0. The summed E-state index contributed by atoms with van der Waals surface area (Å²) in [5.41, 5.74) is 0. The summed E-state index contributed by atoms with van der Waals surface area (Å²) in [7, 11) is 0. The number of hydrogen-bond acceptors (Lipinski definition) is 3. The summed E-state index contributed by atoms with van der Waals surface area (Å²) in [4.78, 5) is 12.0. The maximum atomic E-state index is 12.0. The fourth-order valence-corrected chi connectivity index (χ4v) is 2.13. The number of nitrogens with one attached hydrogen (secondary N) is 1. The molecule has 1 saturated heterocycles. The van der Waals surface area contributed by atoms with Crippen LogP contribution in [0.1, 0.15) is 36.7 Å². The molecule has 0 spiro atoms. The summed E-state index contributed by atoms with van der Waals surface area (Å²) in [5, 5.41) is 3.40. The molecule has 1 aliphatic heterocycles. The molecule has 3 heteroatoms. The van der Waals surface area contributed by atoms with Crippen molar-refractivity contribution in [2.24, 2.45) is 5.92 Å². The molecule has 82 valence electrons. The lowest BCUT2D eigenvalue weighted by atomic mass is 9.89. The number of ketones is 1. The van der Waals surface area contributed by atoms with E-state index in [0.29, 0.717) is 11.8 Å². The number of carbonyl (C=O) groups excluding carboxylic acids is 1. The molecule has 1 fully saturated rings. The molecule has 0 radical (unpaired) electrons. The Bertz CT molecular complexity index is 312. The highest BCUT2D eigenvalue weighted by molar-refractivity contribution is 5.95. The van der Waals surface area contributed by atoms with Gasteiger partial charge in [-0.2, -0.15) is 0 Å². The molecule has 1 aromatic rings. The second kappa shape index (κ2) is 4.62. The third kappa shape index (κ3) is 2.29. The minimum atomic E-state index is 0.0106. The fraction of sp³-hybridized carbons (Fsp3) is 0.583. The smallest absolute Gasteiger partial charge is 0.202 e. The summed E-state index contributed by atoms with van der Waals surface area (Å²) in [6, 6.07) is 3.81. The van der Waals surface area contributed by atoms with E-state index in [2.05, 4.69) is 5.32 Å². The third-order valence-electron chi connectivity index (χ3n) is 3.13. The van der Waals surface area contributed by atoms with Crippen LogP contribution < -0.4 is 5.32 Å². The van der Waals surface area contributed by atoms with Gasteiger partial charge in [-0.25, -0.2) is 0 Å². The number of furan rings is 1. The first-order valence-corrected chi connectivity index (χ1v) is 5.60. The number of Topliss-reactive ketones (excluding diaryl/α,β-unsaturated/α-hetero) is 1. The van der Waals surface area contributed by atoms with Gasteiger partial charge in [0.2, 0.25) is 5.78 Å². The van der Waals surface area contributed by atoms with Crippen molar-refractivity contribution in [1.82, 2.24) is 5.32 Å². The average molecular weight is 207 g/mol. The van der Waals surface area contributed by atoms with Crippen molar-refractivity contribution in [3.05, 3.63) is 24.2 Å². The van der Waals surface area contributed by atoms with Crippen LogP contribution in [0.15, 0.2) is 22.8 Å². The zero-order valence-electron chi connectivity index (χ0n) is 9.03. The van der Waals surface area contributed by atoms with E-state index in [9.17, 15) is 4.79 Å². The molecule has 3 nitrogen and oxygen atoms in total. The Morgan fingerprint density at radius 2 is 2.47 bits per heavy atom. The molecule has 2 unspecified atom stereocenters. The molecule has 2 rings (SSSR count). The Kier molecular flexibility index (Phi) is 3.21. The largest absolute Gasteiger partial charge is 0.461 e. The van der Waals surface area contributed by atoms with E-state index in [1.54, 1.807) is 18.4 Å². The zero-order valence-corrected chi connectivity index (χ0v) is 9.03. The van der Waals surface area contributed by atoms with Crippen LogP contribution in [-0.4, -0.2) is 18.4 Å². The van der Waals surface area contributed by atoms with Crippen molar-refractivity contribution in [2.45, 2.75) is 32.2 Å². The summed E-state index contributed by atoms with van der Waals surface area (Å²) >= 11 is 0. The van der Waals surface area contributed by atoms with E-state index in [4.69, 9.17) is 4.42 Å². The van der Waals surface area contributed by atoms with Crippen molar-refractivity contribution >= 4 is 5.78 Å². The first-order valence-electron chi connectivity index (χ1n) is 5.60. The number of carbonyl (C=O) groups is 1. The van der Waals surface area contributed by atoms with Crippen molar-refractivity contribution in [1.29, 1.82) is 0 Å². The van der Waals surface area contributed by atoms with Crippen LogP contribution in [-0.2, 0) is 0 Å². The Labute approximate surface area is 89.9 Å². The molecule has 1 aromatic heterocycles. The molecule has 2 atom stereocenters. The molecule has 0 saturated carbocycles. The van der Waals surface area contributed by atoms with Crippen LogP contribution in [0.3, 0.4) is 0 Å². The van der Waals surface area contributed by atoms with Gasteiger partial charge in [0.25, 0.3) is 0 Å². The van der Waals surface area contributed by atoms with Crippen molar-refractivity contribution in [2.75, 3.05) is 6.54 Å². The summed E-state index contributed by atoms with van der Waals surface area (Å²) in [6.45, 7) is 3.01. The Morgan fingerprint density at radius 3 is 3.07 bits per heavy atom. The zero-order chi connectivity index (χ0) is 10.7. The van der Waals surface area contributed by atoms with Crippen LogP contribution in [0.4, 0.5) is 0 Å². The molecular formula is C12H17NO2. The Balaban J connectivity index is 2.00. The number of hydrogen-bond donors (Lipinski definition) is 1. The van der Waals surface area contributed by atoms with Crippen molar-refractivity contribution in [3.63, 3.8) is 0 Å². The highest BCUT2D eigenvalue weighted by atomic mass is 16.3. The predicted octanol–water partition coefficient (Wildman–Crippen LogP) is 2.24. The molecule has 15 heavy (non-hydrogen) atoms. The summed E-state index contributed by atoms with van der Waals surface area (Å²) < 4.78 is 5.13. The average Bonchev–Trinajstić information content (AvgIpc) is 2.82. The van der Waals surface area contributed by atoms with E-state index in [1.165, 1.54) is 12.8 Å². The van der Waals surface area contributed by atoms with Gasteiger partial charge in [-0.3, -0.25) is 4.79 Å². The van der Waals surface area contributed by atoms with Gasteiger partial charge >= 0.3 is 0 Å². The lowest BCUT2D eigenvalue weighted by Gasteiger charge is -2.27. The normalized spacial score (nSPS) is 23.7. The van der Waals surface area contributed by atoms with E-state index >= 15 is 0 Å². The lowest BCUT2D eigenvalue weighted by Crippen LogP contribution is -2.41. The van der Waals surface area contributed by atoms with Gasteiger partial charge in [-0.1, -0.05) is 13.3 Å². The Hall–Kier alpha value is -1.09. The standard InChI is InChI=1S/C12H17NO2/c1-9(10-5-2-3-7-13-10)12(14)11-6-4-8-15-11/h4,6,8-10,13H,2-3,5,7H2,1H3. The van der Waals surface area contributed by atoms with Gasteiger partial charge in [0.15, 0.2) is 5.76 Å². The minimum absolute atomic E-state index is 0.0106. The summed E-state index contributed by atoms with van der Waals surface area (Å²) in [5.74, 6) is 0.603. The van der Waals surface area contributed by atoms with Gasteiger partial charge in [-0.15, -0.1) is 0 Å². The molecule has 0 aliphatic carbocycles. The van der Waals surface area contributed by atoms with Crippen LogP contribution in [0, 0.1) is 5.92 Å². The highest BCUT2D eigenvalue weighted by Crippen LogP contribution is 2.19. The molecule has 0 aromatic carbocycles. The quantitative estimate of drug-likeness (QED) is 0.773. The predicted molar refractivity (Wildman–Crippen MR) is 57.8 cm³/mol. The van der Waals surface area contributed by atoms with Crippen molar-refractivity contribution < 1.29 is 9.21 Å². The summed E-state index contributed by atoms with van der Waals surface area (Å²) in [6.07, 6.45) is 5.08. The van der Waals surface area contributed by atoms with Gasteiger partial charge in [-0.05, 0) is 31.5 Å². The molecule has 2 heterocycles. The molecular weight excluding hydrogens is 190 g/mol. The minimum Gasteiger partial charge on any atom is -0.461 e. The highest BCUT2D eigenvalue weighted by Gasteiger charge is 2.27. The number of piperidine rings is 1. The third-order valence-corrected chi connectivity index (χ3v) is 3.13. The van der Waals surface area contributed by atoms with Gasteiger partial charge in [0.05, 0.1) is 6.26 Å². The van der Waals surface area contributed by atoms with Crippen LogP contribution in [0.2, 0.25) is 0 Å². The first-order chi connectivity index (χ1) is 7.29. The molecule has 0 bridgehead atoms. The van der Waals surface area contributed by atoms with E-state index < -0.39 is 0 Å². The van der Waals surface area contributed by atoms with Gasteiger partial charge in [0.1, 0.15) is 0 Å². The van der Waals surface area contributed by atoms with E-state index in [-0.39, 0.29) is 11.7 Å². The van der Waals surface area contributed by atoms with Gasteiger partial charge in [0, 0.05) is 12.0 Å². The van der Waals surface area contributed by atoms with Crippen LogP contribution in [0.25, 0.3) is 0 Å². The lowest BCUT2D eigenvalue weighted by molar-refractivity contribution is 0.0863. The van der Waals surface area contributed by atoms with E-state index in [0.717, 1.165) is 13.0 Å².